The van der Waals surface area contributed by atoms with Crippen LogP contribution < -0.4 is 11.1 Å². The molecule has 1 fully saturated rings. The zero-order chi connectivity index (χ0) is 22.8. The maximum atomic E-state index is 13.1. The summed E-state index contributed by atoms with van der Waals surface area (Å²) in [7, 11) is 1.65. The zero-order valence-corrected chi connectivity index (χ0v) is 19.9. The van der Waals surface area contributed by atoms with Gasteiger partial charge in [0.25, 0.3) is 5.91 Å². The molecule has 2 heterocycles. The number of anilines is 1. The van der Waals surface area contributed by atoms with Gasteiger partial charge >= 0.3 is 5.76 Å². The van der Waals surface area contributed by atoms with Crippen LogP contribution in [-0.2, 0) is 13.6 Å². The maximum absolute atomic E-state index is 13.1. The number of halogens is 1. The SMILES string of the molecule is Cl.Cn1c(=O)oc2ccc(NC(=O)c3ccc(-c4ccccc4)c(CN4CCCCC4)c3)cc21. The van der Waals surface area contributed by atoms with Crippen LogP contribution in [0.4, 0.5) is 5.69 Å². The van der Waals surface area contributed by atoms with E-state index in [9.17, 15) is 9.59 Å². The van der Waals surface area contributed by atoms with Gasteiger partial charge in [0, 0.05) is 24.8 Å². The van der Waals surface area contributed by atoms with Crippen LogP contribution in [0, 0.1) is 0 Å². The van der Waals surface area contributed by atoms with E-state index in [1.807, 2.05) is 36.4 Å². The summed E-state index contributed by atoms with van der Waals surface area (Å²) in [4.78, 5) is 27.3. The molecule has 1 amide bonds. The summed E-state index contributed by atoms with van der Waals surface area (Å²) >= 11 is 0. The third kappa shape index (κ3) is 4.93. The number of carbonyl (C=O) groups excluding carboxylic acids is 1. The molecule has 1 aliphatic heterocycles. The third-order valence-corrected chi connectivity index (χ3v) is 6.34. The monoisotopic (exact) mass is 477 g/mol. The Balaban J connectivity index is 0.00000274. The average Bonchev–Trinajstić information content (AvgIpc) is 3.13. The number of piperidine rings is 1. The summed E-state index contributed by atoms with van der Waals surface area (Å²) in [6, 6.07) is 21.5. The van der Waals surface area contributed by atoms with Crippen molar-refractivity contribution in [2.24, 2.45) is 7.05 Å². The Kier molecular flexibility index (Phi) is 7.20. The highest BCUT2D eigenvalue weighted by Gasteiger charge is 2.16. The van der Waals surface area contributed by atoms with Crippen molar-refractivity contribution in [2.75, 3.05) is 18.4 Å². The Labute approximate surface area is 204 Å². The molecule has 34 heavy (non-hydrogen) atoms. The van der Waals surface area contributed by atoms with Crippen molar-refractivity contribution in [1.82, 2.24) is 9.47 Å². The van der Waals surface area contributed by atoms with E-state index >= 15 is 0 Å². The van der Waals surface area contributed by atoms with Gasteiger partial charge in [0.05, 0.1) is 5.52 Å². The van der Waals surface area contributed by atoms with E-state index in [-0.39, 0.29) is 18.3 Å². The predicted octanol–water partition coefficient (Wildman–Crippen LogP) is 5.46. The Morgan fingerprint density at radius 1 is 0.971 bits per heavy atom. The number of aromatic nitrogens is 1. The molecular formula is C27H28ClN3O3. The highest BCUT2D eigenvalue weighted by Crippen LogP contribution is 2.27. The van der Waals surface area contributed by atoms with Crippen molar-refractivity contribution < 1.29 is 9.21 Å². The first-order chi connectivity index (χ1) is 16.1. The second-order valence-corrected chi connectivity index (χ2v) is 8.64. The van der Waals surface area contributed by atoms with Crippen molar-refractivity contribution >= 4 is 35.1 Å². The van der Waals surface area contributed by atoms with Gasteiger partial charge in [0.15, 0.2) is 5.58 Å². The lowest BCUT2D eigenvalue weighted by Crippen LogP contribution is -2.29. The Morgan fingerprint density at radius 3 is 2.50 bits per heavy atom. The van der Waals surface area contributed by atoms with Gasteiger partial charge < -0.3 is 9.73 Å². The van der Waals surface area contributed by atoms with Gasteiger partial charge in [-0.3, -0.25) is 14.3 Å². The molecule has 0 atom stereocenters. The lowest BCUT2D eigenvalue weighted by molar-refractivity contribution is 0.102. The van der Waals surface area contributed by atoms with Crippen LogP contribution in [0.25, 0.3) is 22.2 Å². The van der Waals surface area contributed by atoms with Gasteiger partial charge in [0.1, 0.15) is 0 Å². The topological polar surface area (TPSA) is 67.5 Å². The molecule has 0 saturated carbocycles. The number of likely N-dealkylation sites (tertiary alicyclic amines) is 1. The van der Waals surface area contributed by atoms with Crippen LogP contribution in [0.5, 0.6) is 0 Å². The van der Waals surface area contributed by atoms with Gasteiger partial charge in [-0.25, -0.2) is 4.79 Å². The van der Waals surface area contributed by atoms with E-state index < -0.39 is 5.76 Å². The van der Waals surface area contributed by atoms with Crippen LogP contribution in [0.15, 0.2) is 75.9 Å². The third-order valence-electron chi connectivity index (χ3n) is 6.34. The lowest BCUT2D eigenvalue weighted by atomic mass is 9.96. The highest BCUT2D eigenvalue weighted by molar-refractivity contribution is 6.05. The van der Waals surface area contributed by atoms with Crippen molar-refractivity contribution in [3.8, 4) is 11.1 Å². The summed E-state index contributed by atoms with van der Waals surface area (Å²) in [6.07, 6.45) is 3.73. The molecule has 1 N–H and O–H groups in total. The molecule has 1 aromatic heterocycles. The average molecular weight is 478 g/mol. The van der Waals surface area contributed by atoms with Crippen LogP contribution in [0.3, 0.4) is 0 Å². The lowest BCUT2D eigenvalue weighted by Gasteiger charge is -2.27. The summed E-state index contributed by atoms with van der Waals surface area (Å²) in [6.45, 7) is 3.01. The molecule has 0 radical (unpaired) electrons. The minimum atomic E-state index is -0.424. The first-order valence-electron chi connectivity index (χ1n) is 11.4. The van der Waals surface area contributed by atoms with E-state index in [1.54, 1.807) is 25.2 Å². The molecule has 1 aliphatic rings. The number of carbonyl (C=O) groups is 1. The normalized spacial score (nSPS) is 14.0. The van der Waals surface area contributed by atoms with Crippen LogP contribution >= 0.6 is 12.4 Å². The predicted molar refractivity (Wildman–Crippen MR) is 138 cm³/mol. The molecule has 1 saturated heterocycles. The number of hydrogen-bond donors (Lipinski definition) is 1. The molecule has 0 bridgehead atoms. The zero-order valence-electron chi connectivity index (χ0n) is 19.1. The summed E-state index contributed by atoms with van der Waals surface area (Å²) in [5.41, 5.74) is 5.84. The van der Waals surface area contributed by atoms with Gasteiger partial charge in [-0.1, -0.05) is 42.8 Å². The van der Waals surface area contributed by atoms with Gasteiger partial charge in [-0.05, 0) is 73.0 Å². The largest absolute Gasteiger partial charge is 0.419 e. The van der Waals surface area contributed by atoms with Crippen LogP contribution in [-0.4, -0.2) is 28.5 Å². The Hall–Kier alpha value is -3.35. The number of nitrogens with one attached hydrogen (secondary N) is 1. The molecule has 5 rings (SSSR count). The number of nitrogens with zero attached hydrogens (tertiary/aromatic N) is 2. The summed E-state index contributed by atoms with van der Waals surface area (Å²) < 4.78 is 6.60. The van der Waals surface area contributed by atoms with Gasteiger partial charge in [-0.15, -0.1) is 12.4 Å². The molecule has 0 spiro atoms. The van der Waals surface area contributed by atoms with E-state index in [4.69, 9.17) is 4.42 Å². The number of benzene rings is 3. The van der Waals surface area contributed by atoms with Crippen molar-refractivity contribution in [1.29, 1.82) is 0 Å². The van der Waals surface area contributed by atoms with Crippen molar-refractivity contribution in [3.63, 3.8) is 0 Å². The van der Waals surface area contributed by atoms with Gasteiger partial charge in [-0.2, -0.15) is 0 Å². The van der Waals surface area contributed by atoms with Crippen LogP contribution in [0.2, 0.25) is 0 Å². The summed E-state index contributed by atoms with van der Waals surface area (Å²) in [5.74, 6) is -0.602. The molecule has 3 aromatic carbocycles. The Bertz CT molecular complexity index is 1350. The van der Waals surface area contributed by atoms with E-state index in [2.05, 4.69) is 22.3 Å². The molecular weight excluding hydrogens is 450 g/mol. The van der Waals surface area contributed by atoms with Crippen molar-refractivity contribution in [3.05, 3.63) is 88.4 Å². The fourth-order valence-electron chi connectivity index (χ4n) is 4.53. The van der Waals surface area contributed by atoms with E-state index in [1.165, 1.54) is 23.8 Å². The molecule has 6 nitrogen and oxygen atoms in total. The van der Waals surface area contributed by atoms with Gasteiger partial charge in [0.2, 0.25) is 0 Å². The molecule has 7 heteroatoms. The quantitative estimate of drug-likeness (QED) is 0.414. The van der Waals surface area contributed by atoms with Crippen molar-refractivity contribution in [2.45, 2.75) is 25.8 Å². The summed E-state index contributed by atoms with van der Waals surface area (Å²) in [5, 5.41) is 2.97. The first-order valence-corrected chi connectivity index (χ1v) is 11.4. The van der Waals surface area contributed by atoms with Crippen LogP contribution in [0.1, 0.15) is 35.2 Å². The second-order valence-electron chi connectivity index (χ2n) is 8.64. The molecule has 176 valence electrons. The maximum Gasteiger partial charge on any atom is 0.419 e. The Morgan fingerprint density at radius 2 is 1.74 bits per heavy atom. The smallest absolute Gasteiger partial charge is 0.408 e. The standard InChI is InChI=1S/C27H27N3O3.ClH/c1-29-24-17-22(11-13-25(24)33-27(29)32)28-26(31)20-10-12-23(19-8-4-2-5-9-19)21(16-20)18-30-14-6-3-7-15-30;/h2,4-5,8-13,16-17H,3,6-7,14-15,18H2,1H3,(H,28,31);1H. The van der Waals surface area contributed by atoms with E-state index in [0.29, 0.717) is 22.4 Å². The number of fused-ring (bicyclic) bond motifs is 1. The number of hydrogen-bond acceptors (Lipinski definition) is 4. The van der Waals surface area contributed by atoms with E-state index in [0.717, 1.165) is 36.3 Å². The first kappa shape index (κ1) is 23.8. The number of amides is 1. The fourth-order valence-corrected chi connectivity index (χ4v) is 4.53. The highest BCUT2D eigenvalue weighted by atomic mass is 35.5. The minimum Gasteiger partial charge on any atom is -0.408 e. The molecule has 0 aliphatic carbocycles. The molecule has 0 unspecified atom stereocenters. The number of rotatable bonds is 5. The number of aryl methyl sites for hydroxylation is 1. The fraction of sp³-hybridized carbons (Fsp3) is 0.259. The minimum absolute atomic E-state index is 0. The number of oxazole rings is 1. The second kappa shape index (κ2) is 10.3. The molecule has 4 aromatic rings.